The van der Waals surface area contributed by atoms with Crippen LogP contribution < -0.4 is 5.73 Å². The average Bonchev–Trinajstić information content (AvgIpc) is 2.16. The average molecular weight is 190 g/mol. The van der Waals surface area contributed by atoms with E-state index in [1.807, 2.05) is 0 Å². The predicted octanol–water partition coefficient (Wildman–Crippen LogP) is 1.22. The van der Waals surface area contributed by atoms with E-state index in [2.05, 4.69) is 0 Å². The van der Waals surface area contributed by atoms with Crippen molar-refractivity contribution in [1.82, 2.24) is 0 Å². The van der Waals surface area contributed by atoms with Gasteiger partial charge in [-0.25, -0.2) is 4.39 Å². The van der Waals surface area contributed by atoms with Crippen molar-refractivity contribution < 1.29 is 9.18 Å². The third-order valence-electron chi connectivity index (χ3n) is 1.57. The van der Waals surface area contributed by atoms with Crippen LogP contribution in [-0.2, 0) is 4.79 Å². The zero-order chi connectivity index (χ0) is 10.6. The zero-order valence-electron chi connectivity index (χ0n) is 7.20. The normalized spacial score (nSPS) is 10.7. The first kappa shape index (κ1) is 9.93. The highest BCUT2D eigenvalue weighted by Gasteiger charge is 2.02. The van der Waals surface area contributed by atoms with Gasteiger partial charge in [-0.3, -0.25) is 4.79 Å². The molecule has 1 aromatic carbocycles. The van der Waals surface area contributed by atoms with Crippen molar-refractivity contribution >= 4 is 12.0 Å². The Morgan fingerprint density at radius 1 is 1.43 bits per heavy atom. The van der Waals surface area contributed by atoms with Gasteiger partial charge in [0.05, 0.1) is 0 Å². The van der Waals surface area contributed by atoms with Gasteiger partial charge in [-0.15, -0.1) is 0 Å². The Bertz CT molecular complexity index is 415. The molecule has 0 aliphatic carbocycles. The molecular weight excluding hydrogens is 183 g/mol. The maximum absolute atomic E-state index is 12.5. The summed E-state index contributed by atoms with van der Waals surface area (Å²) in [6.07, 6.45) is 1.31. The van der Waals surface area contributed by atoms with E-state index < -0.39 is 5.91 Å². The molecule has 2 N–H and O–H groups in total. The molecular formula is C10H7FN2O. The summed E-state index contributed by atoms with van der Waals surface area (Å²) >= 11 is 0. The van der Waals surface area contributed by atoms with Crippen LogP contribution in [0.1, 0.15) is 5.56 Å². The molecule has 0 fully saturated rings. The summed E-state index contributed by atoms with van der Waals surface area (Å²) in [5, 5.41) is 8.52. The number of benzene rings is 1. The third-order valence-corrected chi connectivity index (χ3v) is 1.57. The summed E-state index contributed by atoms with van der Waals surface area (Å²) in [5.41, 5.74) is 5.32. The Kier molecular flexibility index (Phi) is 2.97. The number of nitrogens with zero attached hydrogens (tertiary/aromatic N) is 1. The molecule has 1 aromatic rings. The number of rotatable bonds is 2. The van der Waals surface area contributed by atoms with Gasteiger partial charge in [0.1, 0.15) is 17.5 Å². The molecule has 70 valence electrons. The number of carbonyl (C=O) groups excluding carboxylic acids is 1. The standard InChI is InChI=1S/C10H7FN2O/c11-9-3-1-7(2-4-9)5-8(6-12)10(13)14/h1-5H,(H2,13,14)/b8-5+. The summed E-state index contributed by atoms with van der Waals surface area (Å²) in [6, 6.07) is 7.04. The first-order valence-electron chi connectivity index (χ1n) is 3.80. The van der Waals surface area contributed by atoms with E-state index in [9.17, 15) is 9.18 Å². The highest BCUT2D eigenvalue weighted by atomic mass is 19.1. The van der Waals surface area contributed by atoms with Crippen LogP contribution in [0.4, 0.5) is 4.39 Å². The Balaban J connectivity index is 3.03. The number of hydrogen-bond donors (Lipinski definition) is 1. The van der Waals surface area contributed by atoms with Gasteiger partial charge in [0.25, 0.3) is 5.91 Å². The van der Waals surface area contributed by atoms with Crippen molar-refractivity contribution in [3.8, 4) is 6.07 Å². The second-order valence-corrected chi connectivity index (χ2v) is 2.59. The van der Waals surface area contributed by atoms with Crippen molar-refractivity contribution in [2.45, 2.75) is 0 Å². The van der Waals surface area contributed by atoms with Gasteiger partial charge in [-0.1, -0.05) is 12.1 Å². The van der Waals surface area contributed by atoms with Gasteiger partial charge < -0.3 is 5.73 Å². The monoisotopic (exact) mass is 190 g/mol. The molecule has 0 atom stereocenters. The topological polar surface area (TPSA) is 66.9 Å². The third kappa shape index (κ3) is 2.42. The summed E-state index contributed by atoms with van der Waals surface area (Å²) in [6.45, 7) is 0. The second kappa shape index (κ2) is 4.19. The molecule has 1 amide bonds. The van der Waals surface area contributed by atoms with E-state index >= 15 is 0 Å². The van der Waals surface area contributed by atoms with E-state index in [0.717, 1.165) is 0 Å². The lowest BCUT2D eigenvalue weighted by Crippen LogP contribution is -2.12. The Morgan fingerprint density at radius 2 is 2.00 bits per heavy atom. The quantitative estimate of drug-likeness (QED) is 0.562. The molecule has 0 saturated carbocycles. The summed E-state index contributed by atoms with van der Waals surface area (Å²) < 4.78 is 12.5. The van der Waals surface area contributed by atoms with Crippen LogP contribution >= 0.6 is 0 Å². The number of nitriles is 1. The van der Waals surface area contributed by atoms with Gasteiger partial charge >= 0.3 is 0 Å². The van der Waals surface area contributed by atoms with Crippen LogP contribution in [-0.4, -0.2) is 5.91 Å². The number of primary amides is 1. The van der Waals surface area contributed by atoms with Crippen LogP contribution in [0.5, 0.6) is 0 Å². The first-order valence-corrected chi connectivity index (χ1v) is 3.80. The number of halogens is 1. The number of carbonyl (C=O) groups is 1. The highest BCUT2D eigenvalue weighted by Crippen LogP contribution is 2.07. The number of hydrogen-bond acceptors (Lipinski definition) is 2. The van der Waals surface area contributed by atoms with Crippen LogP contribution in [0, 0.1) is 17.1 Å². The molecule has 4 heteroatoms. The maximum Gasteiger partial charge on any atom is 0.259 e. The molecule has 0 aliphatic rings. The van der Waals surface area contributed by atoms with Crippen LogP contribution in [0.15, 0.2) is 29.8 Å². The minimum absolute atomic E-state index is 0.156. The van der Waals surface area contributed by atoms with E-state index in [1.54, 1.807) is 6.07 Å². The summed E-state index contributed by atoms with van der Waals surface area (Å²) in [7, 11) is 0. The Labute approximate surface area is 80.3 Å². The molecule has 0 bridgehead atoms. The minimum atomic E-state index is -0.795. The Hall–Kier alpha value is -2.15. The molecule has 1 rings (SSSR count). The Morgan fingerprint density at radius 3 is 2.43 bits per heavy atom. The molecule has 0 radical (unpaired) electrons. The highest BCUT2D eigenvalue weighted by molar-refractivity contribution is 6.00. The van der Waals surface area contributed by atoms with Crippen LogP contribution in [0.25, 0.3) is 6.08 Å². The largest absolute Gasteiger partial charge is 0.365 e. The first-order chi connectivity index (χ1) is 6.63. The van der Waals surface area contributed by atoms with Crippen molar-refractivity contribution in [2.24, 2.45) is 5.73 Å². The molecule has 0 unspecified atom stereocenters. The van der Waals surface area contributed by atoms with Crippen LogP contribution in [0.3, 0.4) is 0 Å². The van der Waals surface area contributed by atoms with Crippen LogP contribution in [0.2, 0.25) is 0 Å². The van der Waals surface area contributed by atoms with Gasteiger partial charge in [-0.05, 0) is 23.8 Å². The molecule has 0 heterocycles. The summed E-state index contributed by atoms with van der Waals surface area (Å²) in [5.74, 6) is -1.17. The zero-order valence-corrected chi connectivity index (χ0v) is 7.20. The van der Waals surface area contributed by atoms with E-state index in [1.165, 1.54) is 30.3 Å². The fraction of sp³-hybridized carbons (Fsp3) is 0. The van der Waals surface area contributed by atoms with E-state index in [4.69, 9.17) is 11.0 Å². The fourth-order valence-corrected chi connectivity index (χ4v) is 0.884. The number of amides is 1. The molecule has 0 aromatic heterocycles. The van der Waals surface area contributed by atoms with Crippen molar-refractivity contribution in [2.75, 3.05) is 0 Å². The second-order valence-electron chi connectivity index (χ2n) is 2.59. The van der Waals surface area contributed by atoms with Crippen molar-refractivity contribution in [1.29, 1.82) is 5.26 Å². The van der Waals surface area contributed by atoms with Gasteiger partial charge in [-0.2, -0.15) is 5.26 Å². The lowest BCUT2D eigenvalue weighted by Gasteiger charge is -1.94. The van der Waals surface area contributed by atoms with Gasteiger partial charge in [0.2, 0.25) is 0 Å². The van der Waals surface area contributed by atoms with Crippen molar-refractivity contribution in [3.63, 3.8) is 0 Å². The molecule has 0 saturated heterocycles. The molecule has 14 heavy (non-hydrogen) atoms. The van der Waals surface area contributed by atoms with E-state index in [0.29, 0.717) is 5.56 Å². The number of nitrogens with two attached hydrogens (primary N) is 1. The maximum atomic E-state index is 12.5. The lowest BCUT2D eigenvalue weighted by atomic mass is 10.1. The van der Waals surface area contributed by atoms with Crippen molar-refractivity contribution in [3.05, 3.63) is 41.2 Å². The van der Waals surface area contributed by atoms with Gasteiger partial charge in [0, 0.05) is 0 Å². The molecule has 3 nitrogen and oxygen atoms in total. The van der Waals surface area contributed by atoms with E-state index in [-0.39, 0.29) is 11.4 Å². The smallest absolute Gasteiger partial charge is 0.259 e. The SMILES string of the molecule is N#C/C(=C\c1ccc(F)cc1)C(N)=O. The van der Waals surface area contributed by atoms with Gasteiger partial charge in [0.15, 0.2) is 0 Å². The summed E-state index contributed by atoms with van der Waals surface area (Å²) in [4.78, 5) is 10.7. The molecule has 0 aliphatic heterocycles. The lowest BCUT2D eigenvalue weighted by molar-refractivity contribution is -0.114. The molecule has 0 spiro atoms. The predicted molar refractivity (Wildman–Crippen MR) is 49.2 cm³/mol. The fourth-order valence-electron chi connectivity index (χ4n) is 0.884. The minimum Gasteiger partial charge on any atom is -0.365 e.